The van der Waals surface area contributed by atoms with Crippen LogP contribution in [0.15, 0.2) is 90.0 Å². The molecule has 0 unspecified atom stereocenters. The molecular formula is C22H17N3O2. The lowest BCUT2D eigenvalue weighted by atomic mass is 10.1. The van der Waals surface area contributed by atoms with Gasteiger partial charge in [-0.25, -0.2) is 4.98 Å². The molecule has 0 N–H and O–H groups in total. The van der Waals surface area contributed by atoms with Crippen molar-refractivity contribution in [3.8, 4) is 34.1 Å². The molecule has 0 aliphatic carbocycles. The van der Waals surface area contributed by atoms with E-state index >= 15 is 0 Å². The van der Waals surface area contributed by atoms with Crippen molar-refractivity contribution in [2.45, 2.75) is 0 Å². The molecule has 4 rings (SSSR count). The summed E-state index contributed by atoms with van der Waals surface area (Å²) in [5, 5.41) is 0. The van der Waals surface area contributed by atoms with Gasteiger partial charge < -0.3 is 4.74 Å². The number of para-hydroxylation sites is 1. The molecule has 0 aliphatic heterocycles. The fourth-order valence-corrected chi connectivity index (χ4v) is 2.90. The fourth-order valence-electron chi connectivity index (χ4n) is 2.90. The molecule has 0 spiro atoms. The summed E-state index contributed by atoms with van der Waals surface area (Å²) in [6.07, 6.45) is 3.54. The highest BCUT2D eigenvalue weighted by atomic mass is 16.5. The van der Waals surface area contributed by atoms with Crippen molar-refractivity contribution in [1.82, 2.24) is 14.5 Å². The molecule has 0 aliphatic rings. The largest absolute Gasteiger partial charge is 0.481 e. The third-order valence-corrected chi connectivity index (χ3v) is 4.22. The molecule has 0 amide bonds. The van der Waals surface area contributed by atoms with Crippen molar-refractivity contribution in [2.75, 3.05) is 7.11 Å². The van der Waals surface area contributed by atoms with Crippen LogP contribution in [0, 0.1) is 0 Å². The molecule has 4 aromatic rings. The van der Waals surface area contributed by atoms with Gasteiger partial charge in [-0.1, -0.05) is 30.3 Å². The average Bonchev–Trinajstić information content (AvgIpc) is 2.75. The highest BCUT2D eigenvalue weighted by Crippen LogP contribution is 2.24. The molecule has 3 heterocycles. The number of hydrogen-bond donors (Lipinski definition) is 0. The number of ether oxygens (including phenoxy) is 1. The van der Waals surface area contributed by atoms with E-state index < -0.39 is 0 Å². The van der Waals surface area contributed by atoms with Crippen molar-refractivity contribution in [3.63, 3.8) is 0 Å². The van der Waals surface area contributed by atoms with Crippen LogP contribution in [0.5, 0.6) is 5.88 Å². The minimum absolute atomic E-state index is 0.151. The molecule has 5 nitrogen and oxygen atoms in total. The monoisotopic (exact) mass is 355 g/mol. The van der Waals surface area contributed by atoms with Gasteiger partial charge in [0.2, 0.25) is 5.88 Å². The Balaban J connectivity index is 1.99. The van der Waals surface area contributed by atoms with Crippen molar-refractivity contribution >= 4 is 0 Å². The molecular weight excluding hydrogens is 338 g/mol. The normalized spacial score (nSPS) is 10.6. The Bertz CT molecular complexity index is 1120. The summed E-state index contributed by atoms with van der Waals surface area (Å²) < 4.78 is 6.84. The summed E-state index contributed by atoms with van der Waals surface area (Å²) in [6.45, 7) is 0. The zero-order chi connectivity index (χ0) is 18.6. The van der Waals surface area contributed by atoms with E-state index in [4.69, 9.17) is 4.74 Å². The molecule has 0 atom stereocenters. The van der Waals surface area contributed by atoms with Crippen LogP contribution < -0.4 is 10.3 Å². The highest BCUT2D eigenvalue weighted by Gasteiger charge is 2.13. The first-order valence-electron chi connectivity index (χ1n) is 8.51. The van der Waals surface area contributed by atoms with Gasteiger partial charge in [0.1, 0.15) is 0 Å². The SMILES string of the molecule is COc1cccc(-c2cc(-c3ccccn3)cn(-c3ccccc3)c2=O)n1. The van der Waals surface area contributed by atoms with E-state index in [2.05, 4.69) is 9.97 Å². The highest BCUT2D eigenvalue weighted by molar-refractivity contribution is 5.69. The maximum Gasteiger partial charge on any atom is 0.264 e. The lowest BCUT2D eigenvalue weighted by Crippen LogP contribution is -2.20. The summed E-state index contributed by atoms with van der Waals surface area (Å²) in [6, 6.07) is 22.4. The second kappa shape index (κ2) is 7.25. The lowest BCUT2D eigenvalue weighted by molar-refractivity contribution is 0.398. The second-order valence-corrected chi connectivity index (χ2v) is 5.93. The molecule has 3 aromatic heterocycles. The van der Waals surface area contributed by atoms with Gasteiger partial charge in [-0.3, -0.25) is 14.3 Å². The molecule has 27 heavy (non-hydrogen) atoms. The Morgan fingerprint density at radius 2 is 1.67 bits per heavy atom. The number of aromatic nitrogens is 3. The van der Waals surface area contributed by atoms with Crippen molar-refractivity contribution in [2.24, 2.45) is 0 Å². The zero-order valence-electron chi connectivity index (χ0n) is 14.7. The van der Waals surface area contributed by atoms with Crippen LogP contribution in [0.25, 0.3) is 28.2 Å². The predicted molar refractivity (Wildman–Crippen MR) is 105 cm³/mol. The van der Waals surface area contributed by atoms with E-state index in [1.165, 1.54) is 0 Å². The summed E-state index contributed by atoms with van der Waals surface area (Å²) in [5.41, 5.74) is 3.29. The van der Waals surface area contributed by atoms with Gasteiger partial charge in [0.05, 0.1) is 24.1 Å². The summed E-state index contributed by atoms with van der Waals surface area (Å²) >= 11 is 0. The summed E-state index contributed by atoms with van der Waals surface area (Å²) in [5.74, 6) is 0.460. The van der Waals surface area contributed by atoms with Crippen molar-refractivity contribution < 1.29 is 4.74 Å². The number of methoxy groups -OCH3 is 1. The quantitative estimate of drug-likeness (QED) is 0.556. The van der Waals surface area contributed by atoms with Crippen LogP contribution in [0.2, 0.25) is 0 Å². The van der Waals surface area contributed by atoms with Gasteiger partial charge in [-0.2, -0.15) is 0 Å². The van der Waals surface area contributed by atoms with E-state index in [0.29, 0.717) is 17.1 Å². The molecule has 0 radical (unpaired) electrons. The Labute approximate surface area is 156 Å². The van der Waals surface area contributed by atoms with Crippen LogP contribution >= 0.6 is 0 Å². The van der Waals surface area contributed by atoms with Crippen LogP contribution in [0.1, 0.15) is 0 Å². The average molecular weight is 355 g/mol. The Kier molecular flexibility index (Phi) is 4.49. The lowest BCUT2D eigenvalue weighted by Gasteiger charge is -2.12. The van der Waals surface area contributed by atoms with Gasteiger partial charge >= 0.3 is 0 Å². The number of pyridine rings is 3. The molecule has 0 bridgehead atoms. The Morgan fingerprint density at radius 3 is 2.41 bits per heavy atom. The molecule has 132 valence electrons. The summed E-state index contributed by atoms with van der Waals surface area (Å²) in [7, 11) is 1.55. The molecule has 0 saturated heterocycles. The minimum atomic E-state index is -0.151. The van der Waals surface area contributed by atoms with Gasteiger partial charge in [-0.05, 0) is 36.4 Å². The van der Waals surface area contributed by atoms with E-state index in [-0.39, 0.29) is 5.56 Å². The number of rotatable bonds is 4. The Morgan fingerprint density at radius 1 is 0.889 bits per heavy atom. The fraction of sp³-hybridized carbons (Fsp3) is 0.0455. The standard InChI is InChI=1S/C22H17N3O2/c1-27-21-12-7-11-20(24-21)18-14-16(19-10-5-6-13-23-19)15-25(22(18)26)17-8-3-2-4-9-17/h2-15H,1H3. The van der Waals surface area contributed by atoms with Gasteiger partial charge in [0, 0.05) is 29.7 Å². The van der Waals surface area contributed by atoms with Gasteiger partial charge in [0.25, 0.3) is 5.56 Å². The first-order valence-corrected chi connectivity index (χ1v) is 8.51. The number of benzene rings is 1. The maximum absolute atomic E-state index is 13.2. The minimum Gasteiger partial charge on any atom is -0.481 e. The van der Waals surface area contributed by atoms with Gasteiger partial charge in [-0.15, -0.1) is 0 Å². The molecule has 0 saturated carbocycles. The summed E-state index contributed by atoms with van der Waals surface area (Å²) in [4.78, 5) is 22.1. The molecule has 5 heteroatoms. The van der Waals surface area contributed by atoms with Crippen LogP contribution in [-0.4, -0.2) is 21.6 Å². The Hall–Kier alpha value is -3.73. The zero-order valence-corrected chi connectivity index (χ0v) is 14.7. The molecule has 0 fully saturated rings. The van der Waals surface area contributed by atoms with Crippen LogP contribution in [0.4, 0.5) is 0 Å². The smallest absolute Gasteiger partial charge is 0.264 e. The van der Waals surface area contributed by atoms with E-state index in [1.807, 2.05) is 66.9 Å². The maximum atomic E-state index is 13.2. The first-order chi connectivity index (χ1) is 13.3. The second-order valence-electron chi connectivity index (χ2n) is 5.93. The number of nitrogens with zero attached hydrogens (tertiary/aromatic N) is 3. The first kappa shape index (κ1) is 16.7. The van der Waals surface area contributed by atoms with E-state index in [1.54, 1.807) is 30.0 Å². The predicted octanol–water partition coefficient (Wildman–Crippen LogP) is 3.97. The van der Waals surface area contributed by atoms with Crippen molar-refractivity contribution in [1.29, 1.82) is 0 Å². The van der Waals surface area contributed by atoms with Crippen LogP contribution in [0.3, 0.4) is 0 Å². The third kappa shape index (κ3) is 3.35. The van der Waals surface area contributed by atoms with E-state index in [0.717, 1.165) is 16.9 Å². The van der Waals surface area contributed by atoms with Gasteiger partial charge in [0.15, 0.2) is 0 Å². The third-order valence-electron chi connectivity index (χ3n) is 4.22. The van der Waals surface area contributed by atoms with Crippen molar-refractivity contribution in [3.05, 3.63) is 95.5 Å². The number of hydrogen-bond acceptors (Lipinski definition) is 4. The van der Waals surface area contributed by atoms with E-state index in [9.17, 15) is 4.79 Å². The molecule has 1 aromatic carbocycles. The topological polar surface area (TPSA) is 57.0 Å². The van der Waals surface area contributed by atoms with Crippen LogP contribution in [-0.2, 0) is 0 Å².